The molecular weight excluding hydrogens is 390 g/mol. The fourth-order valence-electron chi connectivity index (χ4n) is 3.24. The van der Waals surface area contributed by atoms with E-state index in [0.29, 0.717) is 0 Å². The molecule has 2 N–H and O–H groups in total. The lowest BCUT2D eigenvalue weighted by Gasteiger charge is -2.28. The number of fused-ring (bicyclic) bond motifs is 1. The van der Waals surface area contributed by atoms with Gasteiger partial charge in [-0.3, -0.25) is 0 Å². The first-order chi connectivity index (χ1) is 12.7. The van der Waals surface area contributed by atoms with Gasteiger partial charge in [0.05, 0.1) is 5.52 Å². The second kappa shape index (κ2) is 7.60. The van der Waals surface area contributed by atoms with Crippen LogP contribution in [0.15, 0.2) is 53.0 Å². The number of anilines is 2. The number of halogens is 1. The highest BCUT2D eigenvalue weighted by Crippen LogP contribution is 2.29. The molecule has 1 unspecified atom stereocenters. The third kappa shape index (κ3) is 3.66. The molecule has 0 aliphatic carbocycles. The highest BCUT2D eigenvalue weighted by atomic mass is 79.9. The summed E-state index contributed by atoms with van der Waals surface area (Å²) < 4.78 is 1.03. The minimum atomic E-state index is 0.161. The van der Waals surface area contributed by atoms with Crippen LogP contribution in [-0.2, 0) is 0 Å². The second-order valence-electron chi connectivity index (χ2n) is 6.55. The standard InChI is InChI=1S/C20H22BrN5/c1-14(15-5-3-2-4-6-15)23-19-17-8-7-16(21)13-18(17)24-20(25-19)26-11-9-22-10-12-26/h2-8,13-14,22H,9-12H2,1H3,(H,23,24,25). The minimum absolute atomic E-state index is 0.161. The van der Waals surface area contributed by atoms with E-state index >= 15 is 0 Å². The zero-order chi connectivity index (χ0) is 17.9. The first-order valence-electron chi connectivity index (χ1n) is 8.95. The number of hydrogen-bond acceptors (Lipinski definition) is 5. The predicted molar refractivity (Wildman–Crippen MR) is 111 cm³/mol. The van der Waals surface area contributed by atoms with E-state index in [9.17, 15) is 0 Å². The van der Waals surface area contributed by atoms with Gasteiger partial charge < -0.3 is 15.5 Å². The zero-order valence-electron chi connectivity index (χ0n) is 14.7. The Morgan fingerprint density at radius 2 is 1.85 bits per heavy atom. The number of benzene rings is 2. The van der Waals surface area contributed by atoms with Crippen LogP contribution in [-0.4, -0.2) is 36.1 Å². The Kier molecular flexibility index (Phi) is 5.04. The number of rotatable bonds is 4. The van der Waals surface area contributed by atoms with Gasteiger partial charge in [0.25, 0.3) is 0 Å². The van der Waals surface area contributed by atoms with Gasteiger partial charge in [0.2, 0.25) is 5.95 Å². The molecule has 0 radical (unpaired) electrons. The molecule has 2 heterocycles. The first-order valence-corrected chi connectivity index (χ1v) is 9.74. The fraction of sp³-hybridized carbons (Fsp3) is 0.300. The van der Waals surface area contributed by atoms with E-state index in [-0.39, 0.29) is 6.04 Å². The van der Waals surface area contributed by atoms with E-state index in [4.69, 9.17) is 9.97 Å². The average Bonchev–Trinajstić information content (AvgIpc) is 2.69. The Labute approximate surface area is 162 Å². The van der Waals surface area contributed by atoms with Gasteiger partial charge in [0.15, 0.2) is 0 Å². The van der Waals surface area contributed by atoms with Crippen LogP contribution in [0, 0.1) is 0 Å². The van der Waals surface area contributed by atoms with Crippen molar-refractivity contribution in [3.63, 3.8) is 0 Å². The maximum atomic E-state index is 4.88. The number of aromatic nitrogens is 2. The Bertz CT molecular complexity index is 893. The summed E-state index contributed by atoms with van der Waals surface area (Å²) in [5.74, 6) is 1.67. The number of nitrogens with one attached hydrogen (secondary N) is 2. The summed E-state index contributed by atoms with van der Waals surface area (Å²) in [6.07, 6.45) is 0. The molecule has 0 saturated carbocycles. The topological polar surface area (TPSA) is 53.1 Å². The van der Waals surface area contributed by atoms with Gasteiger partial charge in [-0.1, -0.05) is 46.3 Å². The van der Waals surface area contributed by atoms with Crippen LogP contribution in [0.25, 0.3) is 10.9 Å². The van der Waals surface area contributed by atoms with E-state index < -0.39 is 0 Å². The lowest BCUT2D eigenvalue weighted by molar-refractivity contribution is 0.580. The summed E-state index contributed by atoms with van der Waals surface area (Å²) >= 11 is 3.56. The van der Waals surface area contributed by atoms with Crippen LogP contribution in [0.4, 0.5) is 11.8 Å². The van der Waals surface area contributed by atoms with Gasteiger partial charge in [0, 0.05) is 42.1 Å². The van der Waals surface area contributed by atoms with Crippen molar-refractivity contribution in [2.24, 2.45) is 0 Å². The summed E-state index contributed by atoms with van der Waals surface area (Å²) in [7, 11) is 0. The Balaban J connectivity index is 1.73. The Morgan fingerprint density at radius 3 is 2.62 bits per heavy atom. The van der Waals surface area contributed by atoms with Gasteiger partial charge >= 0.3 is 0 Å². The third-order valence-corrected chi connectivity index (χ3v) is 5.19. The SMILES string of the molecule is CC(Nc1nc(N2CCNCC2)nc2cc(Br)ccc12)c1ccccc1. The van der Waals surface area contributed by atoms with Gasteiger partial charge in [-0.25, -0.2) is 4.98 Å². The number of piperazine rings is 1. The Morgan fingerprint density at radius 1 is 1.08 bits per heavy atom. The van der Waals surface area contributed by atoms with Crippen molar-refractivity contribution in [2.45, 2.75) is 13.0 Å². The molecule has 0 amide bonds. The third-order valence-electron chi connectivity index (χ3n) is 4.70. The van der Waals surface area contributed by atoms with Crippen molar-refractivity contribution < 1.29 is 0 Å². The van der Waals surface area contributed by atoms with E-state index in [0.717, 1.165) is 53.3 Å². The Hall–Kier alpha value is -2.18. The molecule has 0 spiro atoms. The van der Waals surface area contributed by atoms with E-state index in [2.05, 4.69) is 74.8 Å². The number of hydrogen-bond donors (Lipinski definition) is 2. The molecule has 134 valence electrons. The van der Waals surface area contributed by atoms with Crippen molar-refractivity contribution in [3.8, 4) is 0 Å². The van der Waals surface area contributed by atoms with Crippen LogP contribution in [0.5, 0.6) is 0 Å². The van der Waals surface area contributed by atoms with Crippen LogP contribution in [0.1, 0.15) is 18.5 Å². The van der Waals surface area contributed by atoms with E-state index in [1.165, 1.54) is 5.56 Å². The lowest BCUT2D eigenvalue weighted by Crippen LogP contribution is -2.44. The molecule has 2 aromatic carbocycles. The van der Waals surface area contributed by atoms with Crippen molar-refractivity contribution >= 4 is 38.6 Å². The molecule has 1 aliphatic rings. The van der Waals surface area contributed by atoms with Gasteiger partial charge in [-0.15, -0.1) is 0 Å². The van der Waals surface area contributed by atoms with Crippen molar-refractivity contribution in [3.05, 3.63) is 58.6 Å². The van der Waals surface area contributed by atoms with Crippen LogP contribution in [0.2, 0.25) is 0 Å². The van der Waals surface area contributed by atoms with Gasteiger partial charge in [0.1, 0.15) is 5.82 Å². The maximum Gasteiger partial charge on any atom is 0.227 e. The van der Waals surface area contributed by atoms with E-state index in [1.807, 2.05) is 12.1 Å². The minimum Gasteiger partial charge on any atom is -0.363 e. The molecule has 1 fully saturated rings. The monoisotopic (exact) mass is 411 g/mol. The predicted octanol–water partition coefficient (Wildman–Crippen LogP) is 3.98. The summed E-state index contributed by atoms with van der Waals surface area (Å²) in [5, 5.41) is 8.01. The molecule has 26 heavy (non-hydrogen) atoms. The van der Waals surface area contributed by atoms with Gasteiger partial charge in [-0.05, 0) is 30.7 Å². The molecule has 0 bridgehead atoms. The summed E-state index contributed by atoms with van der Waals surface area (Å²) in [4.78, 5) is 11.9. The lowest BCUT2D eigenvalue weighted by atomic mass is 10.1. The normalized spacial score (nSPS) is 15.8. The quantitative estimate of drug-likeness (QED) is 0.679. The van der Waals surface area contributed by atoms with Gasteiger partial charge in [-0.2, -0.15) is 4.98 Å². The molecule has 6 heteroatoms. The molecule has 5 nitrogen and oxygen atoms in total. The second-order valence-corrected chi connectivity index (χ2v) is 7.46. The average molecular weight is 412 g/mol. The smallest absolute Gasteiger partial charge is 0.227 e. The van der Waals surface area contributed by atoms with Crippen molar-refractivity contribution in [1.29, 1.82) is 0 Å². The molecule has 1 aliphatic heterocycles. The van der Waals surface area contributed by atoms with Crippen LogP contribution in [0.3, 0.4) is 0 Å². The van der Waals surface area contributed by atoms with Crippen molar-refractivity contribution in [1.82, 2.24) is 15.3 Å². The van der Waals surface area contributed by atoms with Crippen LogP contribution < -0.4 is 15.5 Å². The maximum absolute atomic E-state index is 4.88. The fourth-order valence-corrected chi connectivity index (χ4v) is 3.59. The molecule has 4 rings (SSSR count). The highest BCUT2D eigenvalue weighted by molar-refractivity contribution is 9.10. The zero-order valence-corrected chi connectivity index (χ0v) is 16.3. The molecule has 3 aromatic rings. The van der Waals surface area contributed by atoms with E-state index in [1.54, 1.807) is 0 Å². The molecular formula is C20H22BrN5. The van der Waals surface area contributed by atoms with Crippen molar-refractivity contribution in [2.75, 3.05) is 36.4 Å². The van der Waals surface area contributed by atoms with Crippen LogP contribution >= 0.6 is 15.9 Å². The largest absolute Gasteiger partial charge is 0.363 e. The summed E-state index contributed by atoms with van der Waals surface area (Å²) in [5.41, 5.74) is 2.19. The molecule has 1 atom stereocenters. The number of nitrogens with zero attached hydrogens (tertiary/aromatic N) is 3. The molecule has 1 aromatic heterocycles. The first kappa shape index (κ1) is 17.2. The molecule has 1 saturated heterocycles. The summed E-state index contributed by atoms with van der Waals surface area (Å²) in [6, 6.07) is 16.8. The highest BCUT2D eigenvalue weighted by Gasteiger charge is 2.17. The summed E-state index contributed by atoms with van der Waals surface area (Å²) in [6.45, 7) is 5.93.